The lowest BCUT2D eigenvalue weighted by molar-refractivity contribution is 0.0453. The van der Waals surface area contributed by atoms with Crippen LogP contribution in [0.3, 0.4) is 0 Å². The van der Waals surface area contributed by atoms with Crippen LogP contribution in [0, 0.1) is 0 Å². The highest BCUT2D eigenvalue weighted by Gasteiger charge is 2.06. The number of carbonyl (C=O) groups excluding carboxylic acids is 1. The van der Waals surface area contributed by atoms with Crippen molar-refractivity contribution >= 4 is 27.5 Å². The van der Waals surface area contributed by atoms with E-state index >= 15 is 0 Å². The summed E-state index contributed by atoms with van der Waals surface area (Å²) in [5.41, 5.74) is 2.37. The lowest BCUT2D eigenvalue weighted by atomic mass is 10.2. The third kappa shape index (κ3) is 6.14. The molecule has 0 fully saturated rings. The lowest BCUT2D eigenvalue weighted by Gasteiger charge is -2.09. The van der Waals surface area contributed by atoms with Crippen molar-refractivity contribution in [3.8, 4) is 0 Å². The average molecular weight is 378 g/mol. The highest BCUT2D eigenvalue weighted by atomic mass is 79.9. The second-order valence-corrected chi connectivity index (χ2v) is 5.83. The molecule has 5 heteroatoms. The van der Waals surface area contributed by atoms with Crippen LogP contribution >= 0.6 is 15.9 Å². The highest BCUT2D eigenvalue weighted by molar-refractivity contribution is 9.10. The van der Waals surface area contributed by atoms with Gasteiger partial charge in [-0.25, -0.2) is 0 Å². The van der Waals surface area contributed by atoms with Gasteiger partial charge in [0.05, 0.1) is 19.8 Å². The molecule has 0 aliphatic rings. The maximum Gasteiger partial charge on any atom is 0.255 e. The number of benzene rings is 2. The summed E-state index contributed by atoms with van der Waals surface area (Å²) in [7, 11) is 0. The summed E-state index contributed by atoms with van der Waals surface area (Å²) in [5.74, 6) is -0.138. The SMILES string of the molecule is CCOCCOCc1cccc(NC(=O)c2cccc(Br)c2)c1. The van der Waals surface area contributed by atoms with E-state index in [4.69, 9.17) is 9.47 Å². The van der Waals surface area contributed by atoms with Crippen molar-refractivity contribution < 1.29 is 14.3 Å². The summed E-state index contributed by atoms with van der Waals surface area (Å²) in [6.07, 6.45) is 0. The fraction of sp³-hybridized carbons (Fsp3) is 0.278. The molecule has 0 heterocycles. The number of halogens is 1. The molecule has 0 spiro atoms. The first kappa shape index (κ1) is 17.7. The van der Waals surface area contributed by atoms with E-state index in [-0.39, 0.29) is 5.91 Å². The molecule has 2 rings (SSSR count). The minimum atomic E-state index is -0.138. The van der Waals surface area contributed by atoms with Gasteiger partial charge in [-0.15, -0.1) is 0 Å². The van der Waals surface area contributed by atoms with Crippen molar-refractivity contribution in [1.29, 1.82) is 0 Å². The first-order valence-electron chi connectivity index (χ1n) is 7.50. The van der Waals surface area contributed by atoms with Gasteiger partial charge in [-0.05, 0) is 42.8 Å². The van der Waals surface area contributed by atoms with Crippen molar-refractivity contribution in [2.75, 3.05) is 25.1 Å². The molecule has 0 saturated carbocycles. The molecule has 0 atom stereocenters. The Hall–Kier alpha value is -1.69. The molecule has 4 nitrogen and oxygen atoms in total. The molecular formula is C18H20BrNO3. The third-order valence-electron chi connectivity index (χ3n) is 3.12. The minimum Gasteiger partial charge on any atom is -0.379 e. The smallest absolute Gasteiger partial charge is 0.255 e. The van der Waals surface area contributed by atoms with Crippen molar-refractivity contribution in [2.24, 2.45) is 0 Å². The maximum absolute atomic E-state index is 12.2. The number of rotatable bonds is 8. The van der Waals surface area contributed by atoms with E-state index in [1.54, 1.807) is 12.1 Å². The standard InChI is InChI=1S/C18H20BrNO3/c1-2-22-9-10-23-13-14-5-3-8-17(11-14)20-18(21)15-6-4-7-16(19)12-15/h3-8,11-12H,2,9-10,13H2,1H3,(H,20,21). The lowest BCUT2D eigenvalue weighted by Crippen LogP contribution is -2.12. The quantitative estimate of drug-likeness (QED) is 0.699. The number of anilines is 1. The molecule has 0 bridgehead atoms. The number of hydrogen-bond donors (Lipinski definition) is 1. The first-order valence-corrected chi connectivity index (χ1v) is 8.29. The summed E-state index contributed by atoms with van der Waals surface area (Å²) in [4.78, 5) is 12.2. The van der Waals surface area contributed by atoms with E-state index in [0.29, 0.717) is 32.0 Å². The Morgan fingerprint density at radius 3 is 2.65 bits per heavy atom. The number of ether oxygens (including phenoxy) is 2. The summed E-state index contributed by atoms with van der Waals surface area (Å²) in [6, 6.07) is 14.9. The topological polar surface area (TPSA) is 47.6 Å². The highest BCUT2D eigenvalue weighted by Crippen LogP contribution is 2.15. The summed E-state index contributed by atoms with van der Waals surface area (Å²) in [5, 5.41) is 2.90. The van der Waals surface area contributed by atoms with Gasteiger partial charge in [0.1, 0.15) is 0 Å². The minimum absolute atomic E-state index is 0.138. The molecule has 0 radical (unpaired) electrons. The molecule has 0 aliphatic carbocycles. The second kappa shape index (κ2) is 9.45. The number of nitrogens with one attached hydrogen (secondary N) is 1. The molecule has 1 N–H and O–H groups in total. The van der Waals surface area contributed by atoms with Crippen LogP contribution < -0.4 is 5.32 Å². The third-order valence-corrected chi connectivity index (χ3v) is 3.61. The Morgan fingerprint density at radius 2 is 1.87 bits per heavy atom. The molecular weight excluding hydrogens is 358 g/mol. The van der Waals surface area contributed by atoms with Crippen molar-refractivity contribution in [3.63, 3.8) is 0 Å². The molecule has 1 amide bonds. The fourth-order valence-electron chi connectivity index (χ4n) is 2.02. The van der Waals surface area contributed by atoms with Gasteiger partial charge < -0.3 is 14.8 Å². The normalized spacial score (nSPS) is 10.5. The molecule has 23 heavy (non-hydrogen) atoms. The average Bonchev–Trinajstić information content (AvgIpc) is 2.55. The number of hydrogen-bond acceptors (Lipinski definition) is 3. The Labute approximate surface area is 144 Å². The fourth-order valence-corrected chi connectivity index (χ4v) is 2.42. The predicted molar refractivity (Wildman–Crippen MR) is 94.7 cm³/mol. The van der Waals surface area contributed by atoms with Crippen LogP contribution in [0.5, 0.6) is 0 Å². The Balaban J connectivity index is 1.90. The molecule has 2 aromatic carbocycles. The Bertz CT molecular complexity index is 646. The van der Waals surface area contributed by atoms with Gasteiger partial charge in [0.2, 0.25) is 0 Å². The number of amides is 1. The zero-order chi connectivity index (χ0) is 16.5. The predicted octanol–water partition coefficient (Wildman–Crippen LogP) is 4.25. The molecule has 0 unspecified atom stereocenters. The van der Waals surface area contributed by atoms with E-state index in [0.717, 1.165) is 15.7 Å². The summed E-state index contributed by atoms with van der Waals surface area (Å²) < 4.78 is 11.6. The van der Waals surface area contributed by atoms with Gasteiger partial charge >= 0.3 is 0 Å². The number of carbonyl (C=O) groups is 1. The van der Waals surface area contributed by atoms with Gasteiger partial charge in [0.15, 0.2) is 0 Å². The summed E-state index contributed by atoms with van der Waals surface area (Å²) >= 11 is 3.37. The first-order chi connectivity index (χ1) is 11.2. The molecule has 0 saturated heterocycles. The molecule has 122 valence electrons. The van der Waals surface area contributed by atoms with E-state index in [2.05, 4.69) is 21.2 Å². The largest absolute Gasteiger partial charge is 0.379 e. The van der Waals surface area contributed by atoms with Crippen LogP contribution in [-0.2, 0) is 16.1 Å². The van der Waals surface area contributed by atoms with E-state index < -0.39 is 0 Å². The Morgan fingerprint density at radius 1 is 1.09 bits per heavy atom. The van der Waals surface area contributed by atoms with E-state index in [1.165, 1.54) is 0 Å². The van der Waals surface area contributed by atoms with Crippen LogP contribution in [-0.4, -0.2) is 25.7 Å². The Kier molecular flexibility index (Phi) is 7.26. The van der Waals surface area contributed by atoms with Gasteiger partial charge in [-0.3, -0.25) is 4.79 Å². The van der Waals surface area contributed by atoms with E-state index in [1.807, 2.05) is 43.3 Å². The van der Waals surface area contributed by atoms with Gasteiger partial charge in [0.25, 0.3) is 5.91 Å². The van der Waals surface area contributed by atoms with Gasteiger partial charge in [-0.1, -0.05) is 34.1 Å². The van der Waals surface area contributed by atoms with Crippen LogP contribution in [0.15, 0.2) is 53.0 Å². The van der Waals surface area contributed by atoms with Crippen LogP contribution in [0.2, 0.25) is 0 Å². The van der Waals surface area contributed by atoms with Gasteiger partial charge in [-0.2, -0.15) is 0 Å². The van der Waals surface area contributed by atoms with Gasteiger partial charge in [0, 0.05) is 22.3 Å². The van der Waals surface area contributed by atoms with Crippen molar-refractivity contribution in [2.45, 2.75) is 13.5 Å². The summed E-state index contributed by atoms with van der Waals surface area (Å²) in [6.45, 7) is 4.30. The maximum atomic E-state index is 12.2. The monoisotopic (exact) mass is 377 g/mol. The van der Waals surface area contributed by atoms with Crippen LogP contribution in [0.1, 0.15) is 22.8 Å². The van der Waals surface area contributed by atoms with Crippen molar-refractivity contribution in [1.82, 2.24) is 0 Å². The van der Waals surface area contributed by atoms with E-state index in [9.17, 15) is 4.79 Å². The van der Waals surface area contributed by atoms with Crippen molar-refractivity contribution in [3.05, 3.63) is 64.1 Å². The zero-order valence-corrected chi connectivity index (χ0v) is 14.6. The second-order valence-electron chi connectivity index (χ2n) is 4.91. The molecule has 0 aliphatic heterocycles. The molecule has 0 aromatic heterocycles. The van der Waals surface area contributed by atoms with Crippen LogP contribution in [0.4, 0.5) is 5.69 Å². The van der Waals surface area contributed by atoms with Crippen LogP contribution in [0.25, 0.3) is 0 Å². The zero-order valence-electron chi connectivity index (χ0n) is 13.0. The molecule has 2 aromatic rings.